The second kappa shape index (κ2) is 6.69. The van der Waals surface area contributed by atoms with E-state index in [9.17, 15) is 14.7 Å². The van der Waals surface area contributed by atoms with Crippen molar-refractivity contribution in [3.8, 4) is 0 Å². The van der Waals surface area contributed by atoms with E-state index < -0.39 is 5.54 Å². The Labute approximate surface area is 147 Å². The molecule has 0 heterocycles. The normalized spacial score (nSPS) is 18.5. The number of ketones is 1. The van der Waals surface area contributed by atoms with Crippen LogP contribution in [0.3, 0.4) is 0 Å². The van der Waals surface area contributed by atoms with Crippen LogP contribution in [-0.4, -0.2) is 23.5 Å². The summed E-state index contributed by atoms with van der Waals surface area (Å²) in [6.45, 7) is 3.20. The first-order valence-corrected chi connectivity index (χ1v) is 8.35. The van der Waals surface area contributed by atoms with E-state index in [0.29, 0.717) is 17.7 Å². The van der Waals surface area contributed by atoms with Gasteiger partial charge in [0.25, 0.3) is 0 Å². The van der Waals surface area contributed by atoms with Gasteiger partial charge in [-0.1, -0.05) is 24.3 Å². The minimum atomic E-state index is -0.755. The van der Waals surface area contributed by atoms with Gasteiger partial charge in [-0.05, 0) is 61.6 Å². The van der Waals surface area contributed by atoms with Crippen molar-refractivity contribution >= 4 is 17.5 Å². The molecule has 5 nitrogen and oxygen atoms in total. The maximum atomic E-state index is 12.5. The molecule has 1 unspecified atom stereocenters. The zero-order chi connectivity index (χ0) is 18.0. The van der Waals surface area contributed by atoms with E-state index in [0.717, 1.165) is 23.1 Å². The van der Waals surface area contributed by atoms with Gasteiger partial charge >= 0.3 is 6.03 Å². The monoisotopic (exact) mass is 338 g/mol. The molecule has 0 saturated carbocycles. The number of carbonyl (C=O) groups excluding carboxylic acids is 2. The maximum Gasteiger partial charge on any atom is 0.320 e. The molecule has 3 rings (SSSR count). The molecule has 0 aromatic heterocycles. The van der Waals surface area contributed by atoms with Crippen LogP contribution in [0.5, 0.6) is 0 Å². The number of Topliss-reactive ketones (excluding diaryl/α,β-unsaturated/α-hetero) is 1. The fourth-order valence-corrected chi connectivity index (χ4v) is 3.54. The van der Waals surface area contributed by atoms with Gasteiger partial charge in [-0.15, -0.1) is 0 Å². The number of nitrogens with one attached hydrogen (secondary N) is 2. The van der Waals surface area contributed by atoms with Crippen LogP contribution in [0.4, 0.5) is 10.5 Å². The van der Waals surface area contributed by atoms with Crippen LogP contribution < -0.4 is 10.6 Å². The summed E-state index contributed by atoms with van der Waals surface area (Å²) in [6, 6.07) is 12.7. The fraction of sp³-hybridized carbons (Fsp3) is 0.300. The molecule has 130 valence electrons. The number of carbonyl (C=O) groups is 2. The van der Waals surface area contributed by atoms with Crippen molar-refractivity contribution in [1.29, 1.82) is 0 Å². The Hall–Kier alpha value is -2.66. The number of amides is 2. The maximum absolute atomic E-state index is 12.5. The molecular formula is C20H22N2O3. The van der Waals surface area contributed by atoms with Crippen LogP contribution >= 0.6 is 0 Å². The number of benzene rings is 2. The van der Waals surface area contributed by atoms with Crippen molar-refractivity contribution < 1.29 is 14.7 Å². The number of aryl methyl sites for hydroxylation is 2. The van der Waals surface area contributed by atoms with Crippen molar-refractivity contribution in [2.24, 2.45) is 0 Å². The van der Waals surface area contributed by atoms with Crippen LogP contribution in [0.2, 0.25) is 0 Å². The van der Waals surface area contributed by atoms with Crippen LogP contribution in [-0.2, 0) is 12.0 Å². The number of urea groups is 1. The van der Waals surface area contributed by atoms with Gasteiger partial charge in [-0.25, -0.2) is 4.79 Å². The number of aliphatic hydroxyl groups excluding tert-OH is 1. The summed E-state index contributed by atoms with van der Waals surface area (Å²) in [5.41, 5.74) is 3.43. The Kier molecular flexibility index (Phi) is 4.59. The Bertz CT molecular complexity index is 831. The molecule has 1 atom stereocenters. The first kappa shape index (κ1) is 17.2. The van der Waals surface area contributed by atoms with Gasteiger partial charge in [0.05, 0.1) is 12.1 Å². The highest BCUT2D eigenvalue weighted by Gasteiger charge is 2.39. The highest BCUT2D eigenvalue weighted by molar-refractivity contribution is 5.97. The highest BCUT2D eigenvalue weighted by atomic mass is 16.3. The molecule has 0 aliphatic heterocycles. The SMILES string of the molecule is CC(=O)c1ccc(NC(=O)NC2(CO)CCc3ccccc32)cc1C. The number of anilines is 1. The lowest BCUT2D eigenvalue weighted by Gasteiger charge is -2.29. The van der Waals surface area contributed by atoms with E-state index in [4.69, 9.17) is 0 Å². The first-order valence-electron chi connectivity index (χ1n) is 8.35. The summed E-state index contributed by atoms with van der Waals surface area (Å²) in [5.74, 6) is -0.00435. The number of hydrogen-bond acceptors (Lipinski definition) is 3. The summed E-state index contributed by atoms with van der Waals surface area (Å²) < 4.78 is 0. The van der Waals surface area contributed by atoms with E-state index in [-0.39, 0.29) is 18.4 Å². The Morgan fingerprint density at radius 2 is 1.96 bits per heavy atom. The van der Waals surface area contributed by atoms with Crippen molar-refractivity contribution in [3.05, 3.63) is 64.7 Å². The Balaban J connectivity index is 1.76. The molecule has 0 bridgehead atoms. The fourth-order valence-electron chi connectivity index (χ4n) is 3.54. The van der Waals surface area contributed by atoms with Gasteiger partial charge in [0.15, 0.2) is 5.78 Å². The van der Waals surface area contributed by atoms with Gasteiger partial charge in [-0.2, -0.15) is 0 Å². The van der Waals surface area contributed by atoms with Gasteiger partial charge in [0, 0.05) is 11.3 Å². The van der Waals surface area contributed by atoms with Crippen molar-refractivity contribution in [1.82, 2.24) is 5.32 Å². The Morgan fingerprint density at radius 3 is 2.64 bits per heavy atom. The average Bonchev–Trinajstić information content (AvgIpc) is 2.94. The van der Waals surface area contributed by atoms with Gasteiger partial charge in [-0.3, -0.25) is 4.79 Å². The van der Waals surface area contributed by atoms with E-state index in [1.54, 1.807) is 18.2 Å². The van der Waals surface area contributed by atoms with E-state index >= 15 is 0 Å². The number of rotatable bonds is 4. The molecule has 0 saturated heterocycles. The summed E-state index contributed by atoms with van der Waals surface area (Å²) in [7, 11) is 0. The molecule has 5 heteroatoms. The average molecular weight is 338 g/mol. The second-order valence-corrected chi connectivity index (χ2v) is 6.56. The van der Waals surface area contributed by atoms with Crippen LogP contribution in [0.25, 0.3) is 0 Å². The minimum absolute atomic E-state index is 0.00435. The van der Waals surface area contributed by atoms with E-state index in [1.807, 2.05) is 31.2 Å². The number of fused-ring (bicyclic) bond motifs is 1. The van der Waals surface area contributed by atoms with Crippen molar-refractivity contribution in [3.63, 3.8) is 0 Å². The quantitative estimate of drug-likeness (QED) is 0.749. The molecule has 1 aliphatic rings. The molecule has 2 amide bonds. The van der Waals surface area contributed by atoms with Crippen LogP contribution in [0.15, 0.2) is 42.5 Å². The van der Waals surface area contributed by atoms with Crippen molar-refractivity contribution in [2.45, 2.75) is 32.2 Å². The molecule has 3 N–H and O–H groups in total. The third-order valence-corrected chi connectivity index (χ3v) is 4.84. The lowest BCUT2D eigenvalue weighted by molar-refractivity contribution is 0.101. The summed E-state index contributed by atoms with van der Waals surface area (Å²) in [6.07, 6.45) is 1.49. The molecule has 0 fully saturated rings. The van der Waals surface area contributed by atoms with Gasteiger partial charge < -0.3 is 15.7 Å². The smallest absolute Gasteiger partial charge is 0.320 e. The molecule has 2 aromatic rings. The van der Waals surface area contributed by atoms with E-state index in [2.05, 4.69) is 10.6 Å². The second-order valence-electron chi connectivity index (χ2n) is 6.56. The zero-order valence-electron chi connectivity index (χ0n) is 14.4. The van der Waals surface area contributed by atoms with Crippen LogP contribution in [0, 0.1) is 6.92 Å². The summed E-state index contributed by atoms with van der Waals surface area (Å²) >= 11 is 0. The standard InChI is InChI=1S/C20H22N2O3/c1-13-11-16(7-8-17(13)14(2)24)21-19(25)22-20(12-23)10-9-15-5-3-4-6-18(15)20/h3-8,11,23H,9-10,12H2,1-2H3,(H2,21,22,25). The van der Waals surface area contributed by atoms with Crippen molar-refractivity contribution in [2.75, 3.05) is 11.9 Å². The topological polar surface area (TPSA) is 78.4 Å². The molecule has 25 heavy (non-hydrogen) atoms. The van der Waals surface area contributed by atoms with E-state index in [1.165, 1.54) is 6.92 Å². The largest absolute Gasteiger partial charge is 0.394 e. The Morgan fingerprint density at radius 1 is 1.20 bits per heavy atom. The minimum Gasteiger partial charge on any atom is -0.394 e. The first-order chi connectivity index (χ1) is 11.9. The lowest BCUT2D eigenvalue weighted by atomic mass is 9.93. The predicted octanol–water partition coefficient (Wildman–Crippen LogP) is 3.15. The molecule has 2 aromatic carbocycles. The molecular weight excluding hydrogens is 316 g/mol. The van der Waals surface area contributed by atoms with Gasteiger partial charge in [0.1, 0.15) is 0 Å². The molecule has 0 radical (unpaired) electrons. The number of aliphatic hydroxyl groups is 1. The predicted molar refractivity (Wildman–Crippen MR) is 96.9 cm³/mol. The molecule has 1 aliphatic carbocycles. The third-order valence-electron chi connectivity index (χ3n) is 4.84. The molecule has 0 spiro atoms. The summed E-state index contributed by atoms with van der Waals surface area (Å²) in [5, 5.41) is 15.7. The lowest BCUT2D eigenvalue weighted by Crippen LogP contribution is -2.48. The van der Waals surface area contributed by atoms with Crippen LogP contribution in [0.1, 0.15) is 40.4 Å². The zero-order valence-corrected chi connectivity index (χ0v) is 14.4. The summed E-state index contributed by atoms with van der Waals surface area (Å²) in [4.78, 5) is 24.0. The third kappa shape index (κ3) is 3.28. The van der Waals surface area contributed by atoms with Gasteiger partial charge in [0.2, 0.25) is 0 Å². The number of hydrogen-bond donors (Lipinski definition) is 3. The highest BCUT2D eigenvalue weighted by Crippen LogP contribution is 2.36.